The van der Waals surface area contributed by atoms with E-state index in [1.807, 2.05) is 35.7 Å². The van der Waals surface area contributed by atoms with Crippen LogP contribution in [0.1, 0.15) is 15.4 Å². The van der Waals surface area contributed by atoms with Crippen LogP contribution in [0.2, 0.25) is 0 Å². The van der Waals surface area contributed by atoms with Crippen molar-refractivity contribution in [3.05, 3.63) is 52.5 Å². The smallest absolute Gasteiger partial charge is 0.264 e. The molecule has 0 spiro atoms. The van der Waals surface area contributed by atoms with Gasteiger partial charge in [0.25, 0.3) is 5.91 Å². The van der Waals surface area contributed by atoms with Gasteiger partial charge in [0.1, 0.15) is 0 Å². The first-order valence-electron chi connectivity index (χ1n) is 4.96. The van der Waals surface area contributed by atoms with Gasteiger partial charge in [-0.25, -0.2) is 0 Å². The number of carbonyl (C=O) groups is 1. The minimum atomic E-state index is 0.0423. The molecule has 0 aliphatic rings. The third kappa shape index (κ3) is 2.46. The number of aromatic nitrogens is 1. The van der Waals surface area contributed by atoms with Gasteiger partial charge >= 0.3 is 0 Å². The molecule has 0 radical (unpaired) electrons. The van der Waals surface area contributed by atoms with Crippen molar-refractivity contribution in [2.45, 2.75) is 6.54 Å². The van der Waals surface area contributed by atoms with Crippen molar-refractivity contribution in [2.24, 2.45) is 0 Å². The average Bonchev–Trinajstić information content (AvgIpc) is 2.83. The molecule has 0 saturated heterocycles. The van der Waals surface area contributed by atoms with Crippen LogP contribution in [-0.2, 0) is 6.54 Å². The van der Waals surface area contributed by atoms with E-state index in [2.05, 4.69) is 4.98 Å². The van der Waals surface area contributed by atoms with Crippen LogP contribution in [0.4, 0.5) is 0 Å². The van der Waals surface area contributed by atoms with Gasteiger partial charge in [0.2, 0.25) is 0 Å². The van der Waals surface area contributed by atoms with Crippen molar-refractivity contribution >= 4 is 17.2 Å². The number of rotatable bonds is 3. The molecule has 82 valence electrons. The normalized spacial score (nSPS) is 10.1. The topological polar surface area (TPSA) is 33.2 Å². The van der Waals surface area contributed by atoms with E-state index in [0.717, 1.165) is 10.6 Å². The van der Waals surface area contributed by atoms with E-state index in [1.165, 1.54) is 11.3 Å². The van der Waals surface area contributed by atoms with Crippen LogP contribution in [0.5, 0.6) is 0 Å². The van der Waals surface area contributed by atoms with Crippen LogP contribution in [0.15, 0.2) is 41.9 Å². The fourth-order valence-corrected chi connectivity index (χ4v) is 2.11. The molecule has 0 fully saturated rings. The molecule has 0 unspecified atom stereocenters. The number of amides is 1. The lowest BCUT2D eigenvalue weighted by Crippen LogP contribution is -2.25. The van der Waals surface area contributed by atoms with Gasteiger partial charge in [0, 0.05) is 13.2 Å². The molecule has 0 aromatic carbocycles. The highest BCUT2D eigenvalue weighted by Crippen LogP contribution is 2.12. The Morgan fingerprint density at radius 2 is 2.25 bits per heavy atom. The van der Waals surface area contributed by atoms with Crippen LogP contribution >= 0.6 is 11.3 Å². The first-order valence-corrected chi connectivity index (χ1v) is 5.84. The van der Waals surface area contributed by atoms with Gasteiger partial charge in [0.05, 0.1) is 17.1 Å². The van der Waals surface area contributed by atoms with E-state index in [4.69, 9.17) is 0 Å². The summed E-state index contributed by atoms with van der Waals surface area (Å²) in [6, 6.07) is 9.42. The van der Waals surface area contributed by atoms with E-state index in [-0.39, 0.29) is 5.91 Å². The quantitative estimate of drug-likeness (QED) is 0.814. The maximum atomic E-state index is 11.9. The van der Waals surface area contributed by atoms with Crippen molar-refractivity contribution < 1.29 is 4.79 Å². The van der Waals surface area contributed by atoms with Gasteiger partial charge < -0.3 is 4.90 Å². The number of hydrogen-bond donors (Lipinski definition) is 0. The number of pyridine rings is 1. The van der Waals surface area contributed by atoms with Crippen LogP contribution in [0, 0.1) is 0 Å². The van der Waals surface area contributed by atoms with E-state index >= 15 is 0 Å². The SMILES string of the molecule is CN(Cc1ccccn1)C(=O)c1cccs1. The summed E-state index contributed by atoms with van der Waals surface area (Å²) in [7, 11) is 1.79. The van der Waals surface area contributed by atoms with Gasteiger partial charge in [0.15, 0.2) is 0 Å². The second-order valence-electron chi connectivity index (χ2n) is 3.46. The Bertz CT molecular complexity index is 453. The average molecular weight is 232 g/mol. The Hall–Kier alpha value is -1.68. The van der Waals surface area contributed by atoms with Crippen LogP contribution in [-0.4, -0.2) is 22.8 Å². The molecule has 0 saturated carbocycles. The summed E-state index contributed by atoms with van der Waals surface area (Å²) in [5, 5.41) is 1.90. The maximum Gasteiger partial charge on any atom is 0.264 e. The standard InChI is InChI=1S/C12H12N2OS/c1-14(9-10-5-2-3-7-13-10)12(15)11-6-4-8-16-11/h2-8H,9H2,1H3. The van der Waals surface area contributed by atoms with Crippen molar-refractivity contribution in [3.8, 4) is 0 Å². The van der Waals surface area contributed by atoms with Crippen molar-refractivity contribution in [1.82, 2.24) is 9.88 Å². The molecule has 0 bridgehead atoms. The van der Waals surface area contributed by atoms with Gasteiger partial charge in [-0.05, 0) is 23.6 Å². The predicted octanol–water partition coefficient (Wildman–Crippen LogP) is 2.42. The molecule has 0 aliphatic heterocycles. The molecule has 2 aromatic rings. The number of thiophene rings is 1. The molecule has 2 aromatic heterocycles. The third-order valence-electron chi connectivity index (χ3n) is 2.20. The first kappa shape index (κ1) is 10.8. The summed E-state index contributed by atoms with van der Waals surface area (Å²) >= 11 is 1.46. The molecule has 2 rings (SSSR count). The summed E-state index contributed by atoms with van der Waals surface area (Å²) in [4.78, 5) is 18.5. The number of nitrogens with zero attached hydrogens (tertiary/aromatic N) is 2. The fourth-order valence-electron chi connectivity index (χ4n) is 1.39. The fraction of sp³-hybridized carbons (Fsp3) is 0.167. The zero-order valence-electron chi connectivity index (χ0n) is 8.96. The molecule has 0 N–H and O–H groups in total. The van der Waals surface area contributed by atoms with Crippen LogP contribution in [0.3, 0.4) is 0 Å². The van der Waals surface area contributed by atoms with Crippen molar-refractivity contribution in [1.29, 1.82) is 0 Å². The van der Waals surface area contributed by atoms with Crippen molar-refractivity contribution in [2.75, 3.05) is 7.05 Å². The highest BCUT2D eigenvalue weighted by Gasteiger charge is 2.12. The Morgan fingerprint density at radius 1 is 1.38 bits per heavy atom. The largest absolute Gasteiger partial charge is 0.335 e. The summed E-state index contributed by atoms with van der Waals surface area (Å²) in [5.41, 5.74) is 0.898. The zero-order chi connectivity index (χ0) is 11.4. The Balaban J connectivity index is 2.04. The Morgan fingerprint density at radius 3 is 2.88 bits per heavy atom. The van der Waals surface area contributed by atoms with Crippen LogP contribution < -0.4 is 0 Å². The highest BCUT2D eigenvalue weighted by atomic mass is 32.1. The van der Waals surface area contributed by atoms with Crippen molar-refractivity contribution in [3.63, 3.8) is 0 Å². The van der Waals surface area contributed by atoms with Gasteiger partial charge in [-0.2, -0.15) is 0 Å². The highest BCUT2D eigenvalue weighted by molar-refractivity contribution is 7.12. The molecular weight excluding hydrogens is 220 g/mol. The zero-order valence-corrected chi connectivity index (χ0v) is 9.78. The predicted molar refractivity (Wildman–Crippen MR) is 64.4 cm³/mol. The maximum absolute atomic E-state index is 11.9. The third-order valence-corrected chi connectivity index (χ3v) is 3.06. The van der Waals surface area contributed by atoms with E-state index < -0.39 is 0 Å². The second kappa shape index (κ2) is 4.90. The van der Waals surface area contributed by atoms with Gasteiger partial charge in [-0.3, -0.25) is 9.78 Å². The molecular formula is C12H12N2OS. The lowest BCUT2D eigenvalue weighted by atomic mass is 10.3. The van der Waals surface area contributed by atoms with E-state index in [1.54, 1.807) is 18.1 Å². The molecule has 0 atom stereocenters. The molecule has 2 heterocycles. The molecule has 16 heavy (non-hydrogen) atoms. The Kier molecular flexibility index (Phi) is 3.31. The van der Waals surface area contributed by atoms with E-state index in [0.29, 0.717) is 6.54 Å². The summed E-state index contributed by atoms with van der Waals surface area (Å²) in [6.45, 7) is 0.539. The molecule has 1 amide bonds. The van der Waals surface area contributed by atoms with Gasteiger partial charge in [-0.1, -0.05) is 12.1 Å². The minimum Gasteiger partial charge on any atom is -0.335 e. The van der Waals surface area contributed by atoms with E-state index in [9.17, 15) is 4.79 Å². The lowest BCUT2D eigenvalue weighted by Gasteiger charge is -2.15. The second-order valence-corrected chi connectivity index (χ2v) is 4.41. The Labute approximate surface area is 98.4 Å². The molecule has 4 heteroatoms. The number of hydrogen-bond acceptors (Lipinski definition) is 3. The summed E-state index contributed by atoms with van der Waals surface area (Å²) in [5.74, 6) is 0.0423. The van der Waals surface area contributed by atoms with Crippen LogP contribution in [0.25, 0.3) is 0 Å². The minimum absolute atomic E-state index is 0.0423. The monoisotopic (exact) mass is 232 g/mol. The summed E-state index contributed by atoms with van der Waals surface area (Å²) in [6.07, 6.45) is 1.73. The first-order chi connectivity index (χ1) is 7.77. The molecule has 3 nitrogen and oxygen atoms in total. The summed E-state index contributed by atoms with van der Waals surface area (Å²) < 4.78 is 0. The lowest BCUT2D eigenvalue weighted by molar-refractivity contribution is 0.0788. The van der Waals surface area contributed by atoms with Gasteiger partial charge in [-0.15, -0.1) is 11.3 Å². The molecule has 0 aliphatic carbocycles. The number of carbonyl (C=O) groups excluding carboxylic acids is 1.